The van der Waals surface area contributed by atoms with Crippen LogP contribution in [0.2, 0.25) is 0 Å². The molecule has 2 aromatic rings. The molecule has 0 N–H and O–H groups in total. The maximum absolute atomic E-state index is 5.81. The van der Waals surface area contributed by atoms with Crippen molar-refractivity contribution in [2.45, 2.75) is 47.1 Å². The zero-order chi connectivity index (χ0) is 16.9. The van der Waals surface area contributed by atoms with Crippen LogP contribution in [0.15, 0.2) is 48.5 Å². The molecule has 0 radical (unpaired) electrons. The summed E-state index contributed by atoms with van der Waals surface area (Å²) in [6.45, 7) is 11.3. The quantitative estimate of drug-likeness (QED) is 0.702. The fourth-order valence-electron chi connectivity index (χ4n) is 2.20. The first-order chi connectivity index (χ1) is 10.8. The molecule has 0 aliphatic carbocycles. The molecule has 0 saturated heterocycles. The molecule has 124 valence electrons. The van der Waals surface area contributed by atoms with Crippen molar-refractivity contribution >= 4 is 0 Å². The normalized spacial score (nSPS) is 11.6. The van der Waals surface area contributed by atoms with Crippen molar-refractivity contribution in [2.24, 2.45) is 5.41 Å². The zero-order valence-electron chi connectivity index (χ0n) is 14.9. The topological polar surface area (TPSA) is 18.5 Å². The molecule has 0 atom stereocenters. The van der Waals surface area contributed by atoms with Crippen LogP contribution in [0.5, 0.6) is 11.5 Å². The molecule has 2 rings (SSSR count). The average Bonchev–Trinajstić information content (AvgIpc) is 2.47. The molecule has 0 fully saturated rings. The fraction of sp³-hybridized carbons (Fsp3) is 0.429. The zero-order valence-corrected chi connectivity index (χ0v) is 14.9. The highest BCUT2D eigenvalue weighted by atomic mass is 16.5. The van der Waals surface area contributed by atoms with E-state index < -0.39 is 0 Å². The smallest absolute Gasteiger partial charge is 0.119 e. The summed E-state index contributed by atoms with van der Waals surface area (Å²) in [7, 11) is 0. The Labute approximate surface area is 140 Å². The summed E-state index contributed by atoms with van der Waals surface area (Å²) in [6, 6.07) is 16.7. The number of benzene rings is 2. The Hall–Kier alpha value is -1.96. The van der Waals surface area contributed by atoms with Crippen LogP contribution in [0.4, 0.5) is 0 Å². The molecule has 0 aliphatic rings. The Morgan fingerprint density at radius 2 is 1.26 bits per heavy atom. The van der Waals surface area contributed by atoms with Gasteiger partial charge in [0.05, 0.1) is 12.7 Å². The van der Waals surface area contributed by atoms with Gasteiger partial charge in [0.15, 0.2) is 0 Å². The van der Waals surface area contributed by atoms with Gasteiger partial charge in [0.25, 0.3) is 0 Å². The minimum Gasteiger partial charge on any atom is -0.493 e. The number of ether oxygens (including phenoxy) is 2. The summed E-state index contributed by atoms with van der Waals surface area (Å²) in [5.41, 5.74) is 2.74. The van der Waals surface area contributed by atoms with Crippen molar-refractivity contribution in [2.75, 3.05) is 6.61 Å². The van der Waals surface area contributed by atoms with E-state index in [1.165, 1.54) is 11.1 Å². The summed E-state index contributed by atoms with van der Waals surface area (Å²) in [6.07, 6.45) is 1.13. The molecule has 0 bridgehead atoms. The van der Waals surface area contributed by atoms with Gasteiger partial charge in [-0.1, -0.05) is 45.0 Å². The molecular weight excluding hydrogens is 284 g/mol. The van der Waals surface area contributed by atoms with Gasteiger partial charge in [-0.05, 0) is 61.1 Å². The molecule has 0 spiro atoms. The Bertz CT molecular complexity index is 589. The summed E-state index contributed by atoms with van der Waals surface area (Å²) in [5, 5.41) is 0. The van der Waals surface area contributed by atoms with Gasteiger partial charge in [-0.15, -0.1) is 0 Å². The van der Waals surface area contributed by atoms with E-state index in [-0.39, 0.29) is 11.5 Å². The van der Waals surface area contributed by atoms with Crippen LogP contribution in [0.1, 0.15) is 45.7 Å². The van der Waals surface area contributed by atoms with Crippen LogP contribution in [0.25, 0.3) is 0 Å². The molecule has 0 aromatic heterocycles. The number of hydrogen-bond acceptors (Lipinski definition) is 2. The predicted molar refractivity (Wildman–Crippen MR) is 96.4 cm³/mol. The van der Waals surface area contributed by atoms with Gasteiger partial charge in [0.1, 0.15) is 11.5 Å². The first kappa shape index (κ1) is 17.4. The highest BCUT2D eigenvalue weighted by Gasteiger charge is 2.10. The molecule has 2 heteroatoms. The second-order valence-electron chi connectivity index (χ2n) is 7.48. The highest BCUT2D eigenvalue weighted by molar-refractivity contribution is 5.34. The molecule has 2 aromatic carbocycles. The Balaban J connectivity index is 1.92. The molecule has 2 nitrogen and oxygen atoms in total. The van der Waals surface area contributed by atoms with Gasteiger partial charge in [0.2, 0.25) is 0 Å². The van der Waals surface area contributed by atoms with Crippen LogP contribution in [0.3, 0.4) is 0 Å². The van der Waals surface area contributed by atoms with Crippen LogP contribution < -0.4 is 9.47 Å². The lowest BCUT2D eigenvalue weighted by atomic mass is 9.99. The predicted octanol–water partition coefficient (Wildman–Crippen LogP) is 5.49. The van der Waals surface area contributed by atoms with Gasteiger partial charge < -0.3 is 9.47 Å². The Kier molecular flexibility index (Phi) is 5.70. The second-order valence-corrected chi connectivity index (χ2v) is 7.48. The lowest BCUT2D eigenvalue weighted by Gasteiger charge is -2.18. The number of rotatable bonds is 6. The molecule has 0 saturated carbocycles. The van der Waals surface area contributed by atoms with E-state index in [1.54, 1.807) is 0 Å². The standard InChI is InChI=1S/C21H28O2/c1-16(2)23-20-12-8-18(9-13-20)14-17-6-10-19(11-7-17)22-15-21(3,4)5/h6-13,16H,14-15H2,1-5H3. The first-order valence-corrected chi connectivity index (χ1v) is 8.29. The lowest BCUT2D eigenvalue weighted by Crippen LogP contribution is -2.16. The van der Waals surface area contributed by atoms with Crippen molar-refractivity contribution in [1.82, 2.24) is 0 Å². The van der Waals surface area contributed by atoms with E-state index >= 15 is 0 Å². The van der Waals surface area contributed by atoms with Crippen LogP contribution >= 0.6 is 0 Å². The van der Waals surface area contributed by atoms with Gasteiger partial charge in [-0.25, -0.2) is 0 Å². The van der Waals surface area contributed by atoms with Crippen molar-refractivity contribution < 1.29 is 9.47 Å². The van der Waals surface area contributed by atoms with E-state index in [9.17, 15) is 0 Å². The maximum atomic E-state index is 5.81. The minimum absolute atomic E-state index is 0.179. The molecule has 0 aliphatic heterocycles. The van der Waals surface area contributed by atoms with Crippen molar-refractivity contribution in [3.05, 3.63) is 59.7 Å². The minimum atomic E-state index is 0.179. The largest absolute Gasteiger partial charge is 0.493 e. The molecular formula is C21H28O2. The van der Waals surface area contributed by atoms with E-state index in [0.717, 1.165) is 24.5 Å². The SMILES string of the molecule is CC(C)Oc1ccc(Cc2ccc(OCC(C)(C)C)cc2)cc1. The summed E-state index contributed by atoms with van der Waals surface area (Å²) < 4.78 is 11.5. The molecule has 0 amide bonds. The van der Waals surface area contributed by atoms with Crippen molar-refractivity contribution in [3.8, 4) is 11.5 Å². The summed E-state index contributed by atoms with van der Waals surface area (Å²) in [5.74, 6) is 1.86. The van der Waals surface area contributed by atoms with E-state index in [4.69, 9.17) is 9.47 Å². The highest BCUT2D eigenvalue weighted by Crippen LogP contribution is 2.20. The summed E-state index contributed by atoms with van der Waals surface area (Å²) >= 11 is 0. The van der Waals surface area contributed by atoms with Crippen molar-refractivity contribution in [3.63, 3.8) is 0 Å². The molecule has 0 heterocycles. The maximum Gasteiger partial charge on any atom is 0.119 e. The van der Waals surface area contributed by atoms with Gasteiger partial charge in [-0.3, -0.25) is 0 Å². The third-order valence-electron chi connectivity index (χ3n) is 3.30. The third-order valence-corrected chi connectivity index (χ3v) is 3.30. The lowest BCUT2D eigenvalue weighted by molar-refractivity contribution is 0.198. The van der Waals surface area contributed by atoms with E-state index in [2.05, 4.69) is 57.2 Å². The van der Waals surface area contributed by atoms with Gasteiger partial charge in [-0.2, -0.15) is 0 Å². The van der Waals surface area contributed by atoms with Crippen LogP contribution in [-0.4, -0.2) is 12.7 Å². The molecule has 0 unspecified atom stereocenters. The monoisotopic (exact) mass is 312 g/mol. The third kappa shape index (κ3) is 6.35. The van der Waals surface area contributed by atoms with Gasteiger partial charge >= 0.3 is 0 Å². The van der Waals surface area contributed by atoms with E-state index in [0.29, 0.717) is 0 Å². The van der Waals surface area contributed by atoms with Crippen molar-refractivity contribution in [1.29, 1.82) is 0 Å². The molecule has 23 heavy (non-hydrogen) atoms. The fourth-order valence-corrected chi connectivity index (χ4v) is 2.20. The first-order valence-electron chi connectivity index (χ1n) is 8.29. The van der Waals surface area contributed by atoms with Crippen LogP contribution in [-0.2, 0) is 6.42 Å². The van der Waals surface area contributed by atoms with E-state index in [1.807, 2.05) is 26.0 Å². The second kappa shape index (κ2) is 7.54. The summed E-state index contributed by atoms with van der Waals surface area (Å²) in [4.78, 5) is 0. The van der Waals surface area contributed by atoms with Crippen LogP contribution in [0, 0.1) is 5.41 Å². The average molecular weight is 312 g/mol. The Morgan fingerprint density at radius 3 is 1.70 bits per heavy atom. The Morgan fingerprint density at radius 1 is 0.783 bits per heavy atom. The van der Waals surface area contributed by atoms with Gasteiger partial charge in [0, 0.05) is 0 Å². The number of hydrogen-bond donors (Lipinski definition) is 0.